The molecule has 78 valence electrons. The number of aliphatic hydroxyl groups excluding tert-OH is 1. The summed E-state index contributed by atoms with van der Waals surface area (Å²) in [6.07, 6.45) is 2.09. The quantitative estimate of drug-likeness (QED) is 0.673. The van der Waals surface area contributed by atoms with Crippen LogP contribution in [0.15, 0.2) is 0 Å². The van der Waals surface area contributed by atoms with Gasteiger partial charge < -0.3 is 9.84 Å². The molecule has 6 atom stereocenters. The molecule has 0 aromatic heterocycles. The van der Waals surface area contributed by atoms with Crippen LogP contribution in [-0.2, 0) is 9.53 Å². The van der Waals surface area contributed by atoms with Crippen molar-refractivity contribution in [1.29, 1.82) is 0 Å². The van der Waals surface area contributed by atoms with E-state index in [0.29, 0.717) is 11.8 Å². The zero-order valence-corrected chi connectivity index (χ0v) is 8.56. The maximum absolute atomic E-state index is 11.5. The number of ether oxygens (including phenoxy) is 1. The average Bonchev–Trinajstić information content (AvgIpc) is 2.54. The van der Waals surface area contributed by atoms with E-state index in [0.717, 1.165) is 12.8 Å². The van der Waals surface area contributed by atoms with Crippen molar-refractivity contribution in [1.82, 2.24) is 0 Å². The summed E-state index contributed by atoms with van der Waals surface area (Å²) in [7, 11) is 0. The minimum atomic E-state index is -0.592. The molecule has 0 amide bonds. The highest BCUT2D eigenvalue weighted by Gasteiger charge is 2.69. The summed E-state index contributed by atoms with van der Waals surface area (Å²) in [5, 5.41) is 9.93. The first-order chi connectivity index (χ1) is 6.55. The van der Waals surface area contributed by atoms with Crippen LogP contribution in [0.5, 0.6) is 0 Å². The van der Waals surface area contributed by atoms with Crippen LogP contribution in [0.1, 0.15) is 26.7 Å². The first kappa shape index (κ1) is 8.86. The van der Waals surface area contributed by atoms with Crippen molar-refractivity contribution in [2.45, 2.75) is 44.5 Å². The van der Waals surface area contributed by atoms with Gasteiger partial charge in [-0.15, -0.1) is 0 Å². The van der Waals surface area contributed by atoms with Gasteiger partial charge in [0, 0.05) is 11.8 Å². The van der Waals surface area contributed by atoms with E-state index in [2.05, 4.69) is 0 Å². The lowest BCUT2D eigenvalue weighted by Gasteiger charge is -2.53. The standard InChI is InChI=1S/C11H16O3/c1-5(12)11(2)8-6-3-4-7(9(6)13)10(8)14-11/h6-10,13H,3-4H2,1-2H3/t6-,7-,8-,9+,10+,11+/m1/s1. The van der Waals surface area contributed by atoms with Crippen molar-refractivity contribution in [3.63, 3.8) is 0 Å². The largest absolute Gasteiger partial charge is 0.392 e. The van der Waals surface area contributed by atoms with Gasteiger partial charge in [-0.3, -0.25) is 4.79 Å². The van der Waals surface area contributed by atoms with Crippen LogP contribution < -0.4 is 0 Å². The molecule has 3 fully saturated rings. The van der Waals surface area contributed by atoms with E-state index >= 15 is 0 Å². The number of fused-ring (bicyclic) bond motifs is 5. The van der Waals surface area contributed by atoms with Crippen molar-refractivity contribution in [2.24, 2.45) is 17.8 Å². The molecule has 0 aromatic rings. The SMILES string of the molecule is CC(=O)[C@]1(C)O[C@H]2[C@@H]3CC[C@@H]([C@@H]3O)[C@H]21. The van der Waals surface area contributed by atoms with Crippen molar-refractivity contribution in [2.75, 3.05) is 0 Å². The van der Waals surface area contributed by atoms with E-state index < -0.39 is 5.60 Å². The summed E-state index contributed by atoms with van der Waals surface area (Å²) in [4.78, 5) is 11.5. The third kappa shape index (κ3) is 0.751. The fraction of sp³-hybridized carbons (Fsp3) is 0.909. The van der Waals surface area contributed by atoms with Crippen LogP contribution in [0.25, 0.3) is 0 Å². The third-order valence-electron chi connectivity index (χ3n) is 4.66. The van der Waals surface area contributed by atoms with Crippen molar-refractivity contribution < 1.29 is 14.6 Å². The van der Waals surface area contributed by atoms with Crippen LogP contribution in [0, 0.1) is 17.8 Å². The molecule has 0 spiro atoms. The van der Waals surface area contributed by atoms with Crippen LogP contribution in [0.4, 0.5) is 0 Å². The molecule has 2 saturated carbocycles. The summed E-state index contributed by atoms with van der Waals surface area (Å²) in [6, 6.07) is 0. The molecule has 3 rings (SSSR count). The van der Waals surface area contributed by atoms with E-state index in [1.807, 2.05) is 6.92 Å². The first-order valence-corrected chi connectivity index (χ1v) is 5.42. The summed E-state index contributed by atoms with van der Waals surface area (Å²) in [6.45, 7) is 3.47. The lowest BCUT2D eigenvalue weighted by atomic mass is 9.68. The highest BCUT2D eigenvalue weighted by atomic mass is 16.5. The number of hydrogen-bond acceptors (Lipinski definition) is 3. The van der Waals surface area contributed by atoms with Gasteiger partial charge in [-0.2, -0.15) is 0 Å². The van der Waals surface area contributed by atoms with E-state index in [1.165, 1.54) is 0 Å². The van der Waals surface area contributed by atoms with E-state index in [-0.39, 0.29) is 23.9 Å². The second-order valence-electron chi connectivity index (χ2n) is 5.17. The van der Waals surface area contributed by atoms with Gasteiger partial charge in [-0.1, -0.05) is 0 Å². The zero-order valence-electron chi connectivity index (χ0n) is 8.56. The minimum Gasteiger partial charge on any atom is -0.392 e. The molecule has 0 unspecified atom stereocenters. The number of hydrogen-bond donors (Lipinski definition) is 1. The van der Waals surface area contributed by atoms with Gasteiger partial charge in [0.15, 0.2) is 5.78 Å². The van der Waals surface area contributed by atoms with E-state index in [4.69, 9.17) is 4.74 Å². The monoisotopic (exact) mass is 196 g/mol. The average molecular weight is 196 g/mol. The smallest absolute Gasteiger partial charge is 0.161 e. The molecule has 1 heterocycles. The summed E-state index contributed by atoms with van der Waals surface area (Å²) < 4.78 is 5.71. The Kier molecular flexibility index (Phi) is 1.51. The van der Waals surface area contributed by atoms with Crippen LogP contribution in [-0.4, -0.2) is 28.7 Å². The Morgan fingerprint density at radius 1 is 1.43 bits per heavy atom. The molecular formula is C11H16O3. The Hall–Kier alpha value is -0.410. The molecule has 0 radical (unpaired) electrons. The highest BCUT2D eigenvalue weighted by molar-refractivity contribution is 5.86. The Balaban J connectivity index is 1.92. The summed E-state index contributed by atoms with van der Waals surface area (Å²) in [5.74, 6) is 1.01. The van der Waals surface area contributed by atoms with Gasteiger partial charge in [-0.05, 0) is 32.6 Å². The van der Waals surface area contributed by atoms with Crippen molar-refractivity contribution in [3.8, 4) is 0 Å². The molecule has 1 saturated heterocycles. The Morgan fingerprint density at radius 2 is 2.07 bits per heavy atom. The maximum Gasteiger partial charge on any atom is 0.161 e. The highest BCUT2D eigenvalue weighted by Crippen LogP contribution is 2.61. The summed E-state index contributed by atoms with van der Waals surface area (Å²) >= 11 is 0. The predicted octanol–water partition coefficient (Wildman–Crippen LogP) is 0.750. The Morgan fingerprint density at radius 3 is 2.64 bits per heavy atom. The molecule has 3 aliphatic rings. The number of Topliss-reactive ketones (excluding diaryl/α,β-unsaturated/α-hetero) is 1. The zero-order chi connectivity index (χ0) is 10.1. The molecular weight excluding hydrogens is 180 g/mol. The second kappa shape index (κ2) is 2.39. The number of carbonyl (C=O) groups excluding carboxylic acids is 1. The molecule has 0 aromatic carbocycles. The first-order valence-electron chi connectivity index (χ1n) is 5.42. The van der Waals surface area contributed by atoms with Crippen LogP contribution >= 0.6 is 0 Å². The van der Waals surface area contributed by atoms with E-state index in [9.17, 15) is 9.90 Å². The molecule has 1 N–H and O–H groups in total. The Labute approximate surface area is 83.4 Å². The fourth-order valence-corrected chi connectivity index (χ4v) is 3.79. The topological polar surface area (TPSA) is 46.5 Å². The maximum atomic E-state index is 11.5. The van der Waals surface area contributed by atoms with Gasteiger partial charge >= 0.3 is 0 Å². The normalized spacial score (nSPS) is 59.5. The second-order valence-corrected chi connectivity index (χ2v) is 5.17. The lowest BCUT2D eigenvalue weighted by molar-refractivity contribution is -0.255. The van der Waals surface area contributed by atoms with Gasteiger partial charge in [0.05, 0.1) is 12.2 Å². The fourth-order valence-electron chi connectivity index (χ4n) is 3.79. The molecule has 3 nitrogen and oxygen atoms in total. The number of ketones is 1. The van der Waals surface area contributed by atoms with Crippen molar-refractivity contribution >= 4 is 5.78 Å². The van der Waals surface area contributed by atoms with Gasteiger partial charge in [0.2, 0.25) is 0 Å². The van der Waals surface area contributed by atoms with Crippen LogP contribution in [0.3, 0.4) is 0 Å². The molecule has 2 aliphatic carbocycles. The number of carbonyl (C=O) groups is 1. The van der Waals surface area contributed by atoms with E-state index in [1.54, 1.807) is 6.92 Å². The molecule has 2 bridgehead atoms. The Bertz CT molecular complexity index is 301. The van der Waals surface area contributed by atoms with Gasteiger partial charge in [-0.25, -0.2) is 0 Å². The molecule has 14 heavy (non-hydrogen) atoms. The predicted molar refractivity (Wildman–Crippen MR) is 49.7 cm³/mol. The van der Waals surface area contributed by atoms with Gasteiger partial charge in [0.1, 0.15) is 5.60 Å². The molecule has 1 aliphatic heterocycles. The summed E-state index contributed by atoms with van der Waals surface area (Å²) in [5.41, 5.74) is -0.592. The van der Waals surface area contributed by atoms with Crippen molar-refractivity contribution in [3.05, 3.63) is 0 Å². The number of rotatable bonds is 1. The van der Waals surface area contributed by atoms with Crippen LogP contribution in [0.2, 0.25) is 0 Å². The molecule has 3 heteroatoms. The number of aliphatic hydroxyl groups is 1. The van der Waals surface area contributed by atoms with Gasteiger partial charge in [0.25, 0.3) is 0 Å². The lowest BCUT2D eigenvalue weighted by Crippen LogP contribution is -2.64. The minimum absolute atomic E-state index is 0.110. The third-order valence-corrected chi connectivity index (χ3v) is 4.66.